The third kappa shape index (κ3) is 56.4. The maximum Gasteiger partial charge on any atom is 0.0483 e. The molecule has 0 atom stereocenters. The smallest absolute Gasteiger partial charge is 0.0483 e. The van der Waals surface area contributed by atoms with Crippen molar-refractivity contribution in [3.8, 4) is 0 Å². The molecule has 1 N–H and O–H groups in total. The Hall–Kier alpha value is -0.0800. The van der Waals surface area contributed by atoms with Gasteiger partial charge in [0.05, 0.1) is 0 Å². The van der Waals surface area contributed by atoms with Crippen LogP contribution >= 0.6 is 0 Å². The highest BCUT2D eigenvalue weighted by Gasteiger charge is 1.91. The topological polar surface area (TPSA) is 29.5 Å². The summed E-state index contributed by atoms with van der Waals surface area (Å²) >= 11 is 0. The van der Waals surface area contributed by atoms with Gasteiger partial charge in [-0.1, -0.05) is 35.6 Å². The van der Waals surface area contributed by atoms with Crippen LogP contribution in [0.4, 0.5) is 0 Å². The van der Waals surface area contributed by atoms with E-state index in [9.17, 15) is 0 Å². The van der Waals surface area contributed by atoms with Crippen molar-refractivity contribution in [2.45, 2.75) is 68.4 Å². The molecule has 0 fully saturated rings. The molecular formula is C13H34O2. The summed E-state index contributed by atoms with van der Waals surface area (Å²) < 4.78 is 5.29. The molecule has 0 amide bonds. The van der Waals surface area contributed by atoms with Crippen LogP contribution in [0.1, 0.15) is 62.3 Å². The van der Waals surface area contributed by atoms with Gasteiger partial charge in [0.2, 0.25) is 0 Å². The number of hydrogen-bond donors (Lipinski definition) is 1. The summed E-state index contributed by atoms with van der Waals surface area (Å²) in [6.45, 7) is 11.9. The molecule has 15 heavy (non-hydrogen) atoms. The first-order valence-electron chi connectivity index (χ1n) is 5.26. The van der Waals surface area contributed by atoms with Crippen LogP contribution in [-0.2, 0) is 4.74 Å². The zero-order valence-electron chi connectivity index (χ0n) is 9.84. The second kappa shape index (κ2) is 19.5. The minimum Gasteiger partial charge on any atom is -0.394 e. The van der Waals surface area contributed by atoms with E-state index in [1.807, 2.05) is 0 Å². The van der Waals surface area contributed by atoms with Crippen LogP contribution in [0.25, 0.3) is 0 Å². The first-order valence-corrected chi connectivity index (χ1v) is 5.26. The van der Waals surface area contributed by atoms with Crippen molar-refractivity contribution >= 4 is 0 Å². The third-order valence-corrected chi connectivity index (χ3v) is 1.19. The second-order valence-electron chi connectivity index (χ2n) is 3.89. The lowest BCUT2D eigenvalue weighted by Gasteiger charge is -2.03. The molecule has 0 rings (SSSR count). The van der Waals surface area contributed by atoms with Crippen LogP contribution in [0, 0.1) is 5.92 Å². The minimum atomic E-state index is -0.167. The predicted molar refractivity (Wildman–Crippen MR) is 71.4 cm³/mol. The average Bonchev–Trinajstić information content (AvgIpc) is 1.97. The third-order valence-electron chi connectivity index (χ3n) is 1.19. The molecule has 2 heteroatoms. The van der Waals surface area contributed by atoms with Gasteiger partial charge in [0.1, 0.15) is 0 Å². The van der Waals surface area contributed by atoms with E-state index in [0.717, 1.165) is 25.6 Å². The Balaban J connectivity index is -0.0000000883. The maximum absolute atomic E-state index is 8.06. The zero-order valence-corrected chi connectivity index (χ0v) is 9.84. The maximum atomic E-state index is 8.06. The number of rotatable bonds is 5. The van der Waals surface area contributed by atoms with Crippen LogP contribution in [0.2, 0.25) is 0 Å². The van der Waals surface area contributed by atoms with Gasteiger partial charge in [-0.25, -0.2) is 0 Å². The molecule has 2 nitrogen and oxygen atoms in total. The van der Waals surface area contributed by atoms with Crippen LogP contribution in [0.3, 0.4) is 0 Å². The molecule has 0 saturated carbocycles. The van der Waals surface area contributed by atoms with E-state index < -0.39 is 0 Å². The van der Waals surface area contributed by atoms with E-state index in [2.05, 4.69) is 20.8 Å². The highest BCUT2D eigenvalue weighted by atomic mass is 16.5. The molecule has 0 aliphatic carbocycles. The summed E-state index contributed by atoms with van der Waals surface area (Å²) in [5, 5.41) is 8.06. The van der Waals surface area contributed by atoms with E-state index in [-0.39, 0.29) is 21.0 Å². The molecule has 98 valence electrons. The van der Waals surface area contributed by atoms with Gasteiger partial charge in [-0.3, -0.25) is 0 Å². The van der Waals surface area contributed by atoms with E-state index in [1.54, 1.807) is 13.8 Å². The lowest BCUT2D eigenvalue weighted by atomic mass is 10.1. The Morgan fingerprint density at radius 2 is 1.40 bits per heavy atom. The molecule has 0 spiro atoms. The van der Waals surface area contributed by atoms with Crippen molar-refractivity contribution in [2.75, 3.05) is 13.2 Å². The molecule has 0 aliphatic heterocycles. The Morgan fingerprint density at radius 1 is 1.00 bits per heavy atom. The Bertz CT molecular complexity index is 77.9. The van der Waals surface area contributed by atoms with E-state index in [1.165, 1.54) is 6.42 Å². The quantitative estimate of drug-likeness (QED) is 0.709. The number of aliphatic hydroxyl groups is 1. The predicted octanol–water partition coefficient (Wildman–Crippen LogP) is 4.12. The molecule has 0 bridgehead atoms. The van der Waals surface area contributed by atoms with Gasteiger partial charge in [-0.2, -0.15) is 0 Å². The average molecular weight is 222 g/mol. The molecule has 0 unspecified atom stereocenters. The minimum absolute atomic E-state index is 0. The lowest BCUT2D eigenvalue weighted by molar-refractivity contribution is 0.124. The summed E-state index contributed by atoms with van der Waals surface area (Å²) in [4.78, 5) is 0. The van der Waals surface area contributed by atoms with Gasteiger partial charge in [0.15, 0.2) is 0 Å². The summed E-state index contributed by atoms with van der Waals surface area (Å²) in [7, 11) is 0. The molecule has 0 radical (unpaired) electrons. The summed E-state index contributed by atoms with van der Waals surface area (Å²) in [6, 6.07) is 0. The second-order valence-corrected chi connectivity index (χ2v) is 3.89. The monoisotopic (exact) mass is 222 g/mol. The van der Waals surface area contributed by atoms with Crippen molar-refractivity contribution in [1.29, 1.82) is 0 Å². The first-order chi connectivity index (χ1) is 6.00. The van der Waals surface area contributed by atoms with Crippen LogP contribution < -0.4 is 0 Å². The largest absolute Gasteiger partial charge is 0.394 e. The van der Waals surface area contributed by atoms with Gasteiger partial charge in [0.25, 0.3) is 0 Å². The van der Waals surface area contributed by atoms with Gasteiger partial charge < -0.3 is 9.84 Å². The van der Waals surface area contributed by atoms with Gasteiger partial charge in [0, 0.05) is 19.3 Å². The van der Waals surface area contributed by atoms with E-state index in [0.29, 0.717) is 0 Å². The van der Waals surface area contributed by atoms with Crippen LogP contribution in [-0.4, -0.2) is 24.4 Å². The Kier molecular flexibility index (Phi) is 31.5. The van der Waals surface area contributed by atoms with Gasteiger partial charge >= 0.3 is 0 Å². The molecule has 0 heterocycles. The number of aliphatic hydroxyl groups excluding tert-OH is 1. The molecule has 0 aromatic rings. The summed E-state index contributed by atoms with van der Waals surface area (Å²) in [5.41, 5.74) is 0. The van der Waals surface area contributed by atoms with Crippen molar-refractivity contribution in [2.24, 2.45) is 5.92 Å². The van der Waals surface area contributed by atoms with Crippen molar-refractivity contribution in [1.82, 2.24) is 0 Å². The van der Waals surface area contributed by atoms with Crippen LogP contribution in [0.15, 0.2) is 0 Å². The summed E-state index contributed by atoms with van der Waals surface area (Å²) in [6.07, 6.45) is 2.16. The summed E-state index contributed by atoms with van der Waals surface area (Å²) in [5.74, 6) is 0.779. The molecule has 0 aromatic carbocycles. The molecule has 0 saturated heterocycles. The Morgan fingerprint density at radius 3 is 1.67 bits per heavy atom. The van der Waals surface area contributed by atoms with Crippen LogP contribution in [0.5, 0.6) is 0 Å². The number of ether oxygens (including phenoxy) is 1. The highest BCUT2D eigenvalue weighted by molar-refractivity contribution is 4.41. The van der Waals surface area contributed by atoms with Crippen molar-refractivity contribution in [3.63, 3.8) is 0 Å². The first kappa shape index (κ1) is 24.2. The highest BCUT2D eigenvalue weighted by Crippen LogP contribution is 1.98. The standard InChI is InChI=1S/C8H18O.C3H8O.2CH4/c1-4-6-9-7-5-8(2)3;1-3(2)4;;/h8H,4-7H2,1-3H3;3-4H,1-2H3;2*1H4. The van der Waals surface area contributed by atoms with Gasteiger partial charge in [-0.05, 0) is 32.6 Å². The molecule has 0 aliphatic rings. The number of hydrogen-bond acceptors (Lipinski definition) is 2. The molecule has 0 aromatic heterocycles. The van der Waals surface area contributed by atoms with E-state index in [4.69, 9.17) is 9.84 Å². The fourth-order valence-corrected chi connectivity index (χ4v) is 0.565. The van der Waals surface area contributed by atoms with Crippen molar-refractivity contribution < 1.29 is 9.84 Å². The van der Waals surface area contributed by atoms with E-state index >= 15 is 0 Å². The SMILES string of the molecule is C.C.CC(C)O.CCCOCCC(C)C. The Labute approximate surface area is 98.0 Å². The fraction of sp³-hybridized carbons (Fsp3) is 1.00. The molecular weight excluding hydrogens is 188 g/mol. The fourth-order valence-electron chi connectivity index (χ4n) is 0.565. The zero-order chi connectivity index (χ0) is 10.7. The van der Waals surface area contributed by atoms with Crippen molar-refractivity contribution in [3.05, 3.63) is 0 Å². The lowest BCUT2D eigenvalue weighted by Crippen LogP contribution is -1.99. The van der Waals surface area contributed by atoms with Gasteiger partial charge in [-0.15, -0.1) is 0 Å². The normalized spacial score (nSPS) is 8.80.